The first-order chi connectivity index (χ1) is 16.1. The highest BCUT2D eigenvalue weighted by molar-refractivity contribution is 7.12. The number of nitrogens with two attached hydrogens (primary N) is 1. The summed E-state index contributed by atoms with van der Waals surface area (Å²) in [6, 6.07) is 3.51. The molecule has 33 heavy (non-hydrogen) atoms. The van der Waals surface area contributed by atoms with Crippen LogP contribution in [-0.2, 0) is 0 Å². The first-order valence-electron chi connectivity index (χ1n) is 13.7. The van der Waals surface area contributed by atoms with Crippen molar-refractivity contribution in [1.29, 1.82) is 0 Å². The molecule has 1 aromatic heterocycles. The van der Waals surface area contributed by atoms with Crippen LogP contribution in [0, 0.1) is 5.92 Å². The lowest BCUT2D eigenvalue weighted by Gasteiger charge is -2.21. The first kappa shape index (κ1) is 29.7. The van der Waals surface area contributed by atoms with Crippen LogP contribution in [0.4, 0.5) is 0 Å². The highest BCUT2D eigenvalue weighted by Gasteiger charge is 2.21. The second-order valence-electron chi connectivity index (χ2n) is 9.78. The maximum atomic E-state index is 12.3. The number of thiophene rings is 1. The number of nitrogens with zero attached hydrogens (tertiary/aromatic N) is 1. The van der Waals surface area contributed by atoms with Crippen LogP contribution in [0.1, 0.15) is 133 Å². The summed E-state index contributed by atoms with van der Waals surface area (Å²) in [6.07, 6.45) is 21.9. The zero-order valence-corrected chi connectivity index (χ0v) is 22.6. The van der Waals surface area contributed by atoms with Crippen molar-refractivity contribution in [2.24, 2.45) is 16.6 Å². The number of amides is 1. The van der Waals surface area contributed by atoms with Gasteiger partial charge in [-0.15, -0.1) is 11.3 Å². The van der Waals surface area contributed by atoms with Crippen LogP contribution in [-0.4, -0.2) is 24.3 Å². The number of hydrogen-bond donors (Lipinski definition) is 2. The first-order valence-corrected chi connectivity index (χ1v) is 14.6. The van der Waals surface area contributed by atoms with Crippen molar-refractivity contribution in [3.8, 4) is 0 Å². The van der Waals surface area contributed by atoms with Crippen molar-refractivity contribution in [2.45, 2.75) is 130 Å². The summed E-state index contributed by atoms with van der Waals surface area (Å²) in [6.45, 7) is 7.17. The number of rotatable bonds is 21. The number of nitrogens with one attached hydrogen (secondary N) is 1. The van der Waals surface area contributed by atoms with E-state index in [2.05, 4.69) is 31.1 Å². The van der Waals surface area contributed by atoms with Crippen LogP contribution in [0.5, 0.6) is 0 Å². The Hall–Kier alpha value is -1.36. The van der Waals surface area contributed by atoms with Crippen molar-refractivity contribution < 1.29 is 4.79 Å². The molecule has 0 aromatic carbocycles. The summed E-state index contributed by atoms with van der Waals surface area (Å²) in [4.78, 5) is 17.6. The Kier molecular flexibility index (Phi) is 18.0. The second kappa shape index (κ2) is 20.1. The van der Waals surface area contributed by atoms with Gasteiger partial charge in [-0.1, -0.05) is 123 Å². The fourth-order valence-electron chi connectivity index (χ4n) is 4.17. The summed E-state index contributed by atoms with van der Waals surface area (Å²) in [5, 5.41) is 4.95. The molecule has 1 amide bonds. The lowest BCUT2D eigenvalue weighted by molar-refractivity contribution is 0.0943. The molecule has 1 atom stereocenters. The van der Waals surface area contributed by atoms with E-state index in [4.69, 9.17) is 5.73 Å². The third-order valence-electron chi connectivity index (χ3n) is 6.32. The van der Waals surface area contributed by atoms with Crippen LogP contribution in [0.3, 0.4) is 0 Å². The van der Waals surface area contributed by atoms with Crippen LogP contribution in [0.2, 0.25) is 0 Å². The van der Waals surface area contributed by atoms with E-state index in [1.165, 1.54) is 108 Å². The summed E-state index contributed by atoms with van der Waals surface area (Å²) in [5.74, 6) is 0.698. The molecule has 0 aliphatic heterocycles. The summed E-state index contributed by atoms with van der Waals surface area (Å²) in [5.41, 5.74) is 6.23. The van der Waals surface area contributed by atoms with E-state index in [1.807, 2.05) is 17.5 Å². The molecule has 0 aliphatic rings. The minimum absolute atomic E-state index is 0.0655. The molecule has 190 valence electrons. The maximum Gasteiger partial charge on any atom is 0.261 e. The number of carbonyl (C=O) groups excluding carboxylic acids is 1. The molecule has 5 heteroatoms. The largest absolute Gasteiger partial charge is 0.386 e. The summed E-state index contributed by atoms with van der Waals surface area (Å²) < 4.78 is 0. The topological polar surface area (TPSA) is 67.5 Å². The predicted octanol–water partition coefficient (Wildman–Crippen LogP) is 8.12. The van der Waals surface area contributed by atoms with Gasteiger partial charge in [0, 0.05) is 6.54 Å². The zero-order valence-electron chi connectivity index (χ0n) is 21.7. The van der Waals surface area contributed by atoms with Gasteiger partial charge >= 0.3 is 0 Å². The predicted molar refractivity (Wildman–Crippen MR) is 146 cm³/mol. The van der Waals surface area contributed by atoms with Gasteiger partial charge in [0.2, 0.25) is 0 Å². The van der Waals surface area contributed by atoms with Crippen molar-refractivity contribution in [1.82, 2.24) is 5.32 Å². The molecule has 1 rings (SSSR count). The molecule has 1 aromatic rings. The Morgan fingerprint density at radius 2 is 1.36 bits per heavy atom. The van der Waals surface area contributed by atoms with Gasteiger partial charge in [-0.3, -0.25) is 9.79 Å². The Balaban J connectivity index is 2.00. The van der Waals surface area contributed by atoms with Gasteiger partial charge in [-0.25, -0.2) is 0 Å². The van der Waals surface area contributed by atoms with Gasteiger partial charge in [-0.2, -0.15) is 0 Å². The number of amidine groups is 1. The Morgan fingerprint density at radius 1 is 0.879 bits per heavy atom. The van der Waals surface area contributed by atoms with E-state index >= 15 is 0 Å². The molecule has 4 nitrogen and oxygen atoms in total. The molecular formula is C28H51N3OS. The molecule has 0 aliphatic carbocycles. The van der Waals surface area contributed by atoms with E-state index in [0.717, 1.165) is 13.0 Å². The molecule has 1 unspecified atom stereocenters. The van der Waals surface area contributed by atoms with Crippen LogP contribution >= 0.6 is 11.3 Å². The number of aliphatic imine (C=N–C) groups is 1. The minimum atomic E-state index is -0.208. The van der Waals surface area contributed by atoms with E-state index in [1.54, 1.807) is 0 Å². The second-order valence-corrected chi connectivity index (χ2v) is 10.7. The van der Waals surface area contributed by atoms with Gasteiger partial charge in [0.25, 0.3) is 5.91 Å². The Morgan fingerprint density at radius 3 is 1.79 bits per heavy atom. The van der Waals surface area contributed by atoms with E-state index < -0.39 is 0 Å². The molecule has 0 spiro atoms. The maximum absolute atomic E-state index is 12.3. The average Bonchev–Trinajstić information content (AvgIpc) is 3.34. The molecule has 0 saturated carbocycles. The lowest BCUT2D eigenvalue weighted by atomic mass is 10.0. The molecule has 0 radical (unpaired) electrons. The monoisotopic (exact) mass is 477 g/mol. The van der Waals surface area contributed by atoms with Gasteiger partial charge in [0.15, 0.2) is 0 Å². The van der Waals surface area contributed by atoms with Crippen LogP contribution in [0.15, 0.2) is 22.5 Å². The van der Waals surface area contributed by atoms with Gasteiger partial charge in [0.05, 0.1) is 10.9 Å². The molecule has 0 saturated heterocycles. The van der Waals surface area contributed by atoms with Crippen LogP contribution < -0.4 is 11.1 Å². The summed E-state index contributed by atoms with van der Waals surface area (Å²) >= 11 is 1.44. The third-order valence-corrected chi connectivity index (χ3v) is 7.19. The quantitative estimate of drug-likeness (QED) is 0.107. The normalized spacial score (nSPS) is 12.9. The number of unbranched alkanes of at least 4 members (excludes halogenated alkanes) is 15. The van der Waals surface area contributed by atoms with Crippen molar-refractivity contribution in [2.75, 3.05) is 6.54 Å². The highest BCUT2D eigenvalue weighted by atomic mass is 32.1. The van der Waals surface area contributed by atoms with Crippen molar-refractivity contribution >= 4 is 23.1 Å². The van der Waals surface area contributed by atoms with E-state index in [9.17, 15) is 4.79 Å². The fraction of sp³-hybridized carbons (Fsp3) is 0.786. The Bertz CT molecular complexity index is 613. The minimum Gasteiger partial charge on any atom is -0.386 e. The SMILES string of the molecule is CCCCCCCCCCCCCCCCCCN=C(N)C(NC(=O)c1cccs1)C(C)C. The molecule has 3 N–H and O–H groups in total. The fourth-order valence-corrected chi connectivity index (χ4v) is 4.80. The van der Waals surface area contributed by atoms with Crippen LogP contribution in [0.25, 0.3) is 0 Å². The molecule has 1 heterocycles. The zero-order chi connectivity index (χ0) is 24.2. The highest BCUT2D eigenvalue weighted by Crippen LogP contribution is 2.14. The standard InChI is InChI=1S/C28H51N3OS/c1-4-5-6-7-8-9-10-11-12-13-14-15-16-17-18-19-22-30-27(29)26(24(2)3)31-28(32)25-21-20-23-33-25/h20-21,23-24,26H,4-19,22H2,1-3H3,(H2,29,30)(H,31,32). The smallest absolute Gasteiger partial charge is 0.261 e. The van der Waals surface area contributed by atoms with E-state index in [0.29, 0.717) is 10.7 Å². The molecular weight excluding hydrogens is 426 g/mol. The third kappa shape index (κ3) is 15.2. The van der Waals surface area contributed by atoms with Crippen molar-refractivity contribution in [3.63, 3.8) is 0 Å². The average molecular weight is 478 g/mol. The van der Waals surface area contributed by atoms with Gasteiger partial charge in [0.1, 0.15) is 5.84 Å². The van der Waals surface area contributed by atoms with Gasteiger partial charge in [-0.05, 0) is 23.8 Å². The number of carbonyl (C=O) groups is 1. The van der Waals surface area contributed by atoms with Gasteiger partial charge < -0.3 is 11.1 Å². The van der Waals surface area contributed by atoms with Crippen molar-refractivity contribution in [3.05, 3.63) is 22.4 Å². The number of hydrogen-bond acceptors (Lipinski definition) is 3. The lowest BCUT2D eigenvalue weighted by Crippen LogP contribution is -2.47. The molecule has 0 bridgehead atoms. The summed E-state index contributed by atoms with van der Waals surface area (Å²) in [7, 11) is 0. The van der Waals surface area contributed by atoms with E-state index in [-0.39, 0.29) is 17.9 Å². The molecule has 0 fully saturated rings. The Labute approximate surface area is 208 Å².